The Labute approximate surface area is 189 Å². The Balaban J connectivity index is 1.50. The first-order chi connectivity index (χ1) is 15.7. The van der Waals surface area contributed by atoms with Crippen LogP contribution in [0, 0.1) is 6.92 Å². The SMILES string of the molecule is CC[C@@H](Oc1cccc(OC)c1)C(=O)N1CC[C@H](c2cc3nc(C)cc(C(F)(F)F)n3n2)C1. The average Bonchev–Trinajstić information content (AvgIpc) is 3.43. The summed E-state index contributed by atoms with van der Waals surface area (Å²) in [5.74, 6) is 0.833. The molecular formula is C23H25F3N4O3. The van der Waals surface area contributed by atoms with Gasteiger partial charge in [0.05, 0.1) is 12.8 Å². The van der Waals surface area contributed by atoms with Crippen molar-refractivity contribution in [3.8, 4) is 11.5 Å². The zero-order valence-corrected chi connectivity index (χ0v) is 18.6. The number of ether oxygens (including phenoxy) is 2. The first-order valence-electron chi connectivity index (χ1n) is 10.7. The van der Waals surface area contributed by atoms with Gasteiger partial charge in [0.1, 0.15) is 17.2 Å². The van der Waals surface area contributed by atoms with Gasteiger partial charge in [-0.3, -0.25) is 4.79 Å². The summed E-state index contributed by atoms with van der Waals surface area (Å²) in [5, 5.41) is 4.20. The van der Waals surface area contributed by atoms with Gasteiger partial charge in [-0.05, 0) is 38.0 Å². The third kappa shape index (κ3) is 4.74. The molecule has 1 fully saturated rings. The third-order valence-electron chi connectivity index (χ3n) is 5.75. The van der Waals surface area contributed by atoms with Gasteiger partial charge in [0.2, 0.25) is 0 Å². The van der Waals surface area contributed by atoms with Gasteiger partial charge in [-0.1, -0.05) is 13.0 Å². The van der Waals surface area contributed by atoms with Crippen LogP contribution in [0.4, 0.5) is 13.2 Å². The quantitative estimate of drug-likeness (QED) is 0.548. The largest absolute Gasteiger partial charge is 0.497 e. The predicted octanol–water partition coefficient (Wildman–Crippen LogP) is 4.24. The Morgan fingerprint density at radius 1 is 1.24 bits per heavy atom. The smallest absolute Gasteiger partial charge is 0.433 e. The highest BCUT2D eigenvalue weighted by Gasteiger charge is 2.37. The van der Waals surface area contributed by atoms with Gasteiger partial charge in [0, 0.05) is 36.8 Å². The van der Waals surface area contributed by atoms with Crippen LogP contribution < -0.4 is 9.47 Å². The summed E-state index contributed by atoms with van der Waals surface area (Å²) in [4.78, 5) is 19.0. The molecule has 4 rings (SSSR count). The lowest BCUT2D eigenvalue weighted by Gasteiger charge is -2.23. The number of carbonyl (C=O) groups excluding carboxylic acids is 1. The number of methoxy groups -OCH3 is 1. The number of aryl methyl sites for hydroxylation is 1. The normalized spacial score (nSPS) is 17.4. The van der Waals surface area contributed by atoms with Gasteiger partial charge in [0.15, 0.2) is 11.8 Å². The summed E-state index contributed by atoms with van der Waals surface area (Å²) in [6.07, 6.45) is -4.13. The van der Waals surface area contributed by atoms with Crippen LogP contribution in [-0.4, -0.2) is 51.7 Å². The fourth-order valence-corrected chi connectivity index (χ4v) is 4.07. The molecule has 1 aromatic carbocycles. The summed E-state index contributed by atoms with van der Waals surface area (Å²) in [7, 11) is 1.56. The van der Waals surface area contributed by atoms with Crippen LogP contribution in [0.2, 0.25) is 0 Å². The number of hydrogen-bond acceptors (Lipinski definition) is 5. The number of amides is 1. The maximum absolute atomic E-state index is 13.4. The Morgan fingerprint density at radius 2 is 2.00 bits per heavy atom. The van der Waals surface area contributed by atoms with E-state index in [0.717, 1.165) is 10.6 Å². The van der Waals surface area contributed by atoms with Gasteiger partial charge in [-0.15, -0.1) is 0 Å². The highest BCUT2D eigenvalue weighted by atomic mass is 19.4. The number of halogens is 3. The Bertz CT molecular complexity index is 1160. The van der Waals surface area contributed by atoms with E-state index in [1.54, 1.807) is 42.3 Å². The fourth-order valence-electron chi connectivity index (χ4n) is 4.07. The van der Waals surface area contributed by atoms with Crippen LogP contribution in [0.15, 0.2) is 36.4 Å². The molecule has 1 aliphatic rings. The zero-order chi connectivity index (χ0) is 23.8. The van der Waals surface area contributed by atoms with Crippen LogP contribution in [-0.2, 0) is 11.0 Å². The van der Waals surface area contributed by atoms with E-state index in [0.29, 0.717) is 43.1 Å². The van der Waals surface area contributed by atoms with Crippen molar-refractivity contribution in [3.63, 3.8) is 0 Å². The molecule has 33 heavy (non-hydrogen) atoms. The van der Waals surface area contributed by atoms with Crippen LogP contribution in [0.3, 0.4) is 0 Å². The van der Waals surface area contributed by atoms with E-state index in [-0.39, 0.29) is 23.2 Å². The molecule has 176 valence electrons. The molecule has 0 N–H and O–H groups in total. The van der Waals surface area contributed by atoms with Crippen molar-refractivity contribution < 1.29 is 27.4 Å². The summed E-state index contributed by atoms with van der Waals surface area (Å²) in [5.41, 5.74) is 0.0513. The molecule has 1 saturated heterocycles. The second-order valence-corrected chi connectivity index (χ2v) is 8.08. The third-order valence-corrected chi connectivity index (χ3v) is 5.75. The second kappa shape index (κ2) is 8.92. The molecule has 2 aromatic heterocycles. The number of likely N-dealkylation sites (tertiary alicyclic amines) is 1. The first kappa shape index (κ1) is 22.9. The Kier molecular flexibility index (Phi) is 6.18. The fraction of sp³-hybridized carbons (Fsp3) is 0.435. The van der Waals surface area contributed by atoms with Crippen LogP contribution in [0.5, 0.6) is 11.5 Å². The average molecular weight is 462 g/mol. The molecule has 0 saturated carbocycles. The number of hydrogen-bond donors (Lipinski definition) is 0. The molecular weight excluding hydrogens is 437 g/mol. The minimum absolute atomic E-state index is 0.148. The summed E-state index contributed by atoms with van der Waals surface area (Å²) < 4.78 is 52.3. The minimum Gasteiger partial charge on any atom is -0.497 e. The molecule has 7 nitrogen and oxygen atoms in total. The standard InChI is InChI=1S/C23H25F3N4O3/c1-4-19(33-17-7-5-6-16(11-17)32-3)22(31)29-9-8-15(13-29)18-12-21-27-14(2)10-20(23(24,25)26)30(21)28-18/h5-7,10-12,15,19H,4,8-9,13H2,1-3H3/t15-,19+/m0/s1. The zero-order valence-electron chi connectivity index (χ0n) is 18.6. The van der Waals surface area contributed by atoms with Crippen molar-refractivity contribution in [1.29, 1.82) is 0 Å². The number of rotatable bonds is 6. The Morgan fingerprint density at radius 3 is 2.70 bits per heavy atom. The number of fused-ring (bicyclic) bond motifs is 1. The Hall–Kier alpha value is -3.30. The topological polar surface area (TPSA) is 69.0 Å². The summed E-state index contributed by atoms with van der Waals surface area (Å²) in [6, 6.07) is 9.60. The molecule has 2 atom stereocenters. The minimum atomic E-state index is -4.54. The van der Waals surface area contributed by atoms with Gasteiger partial charge >= 0.3 is 6.18 Å². The van der Waals surface area contributed by atoms with Crippen molar-refractivity contribution in [1.82, 2.24) is 19.5 Å². The van der Waals surface area contributed by atoms with Gasteiger partial charge in [-0.25, -0.2) is 9.50 Å². The molecule has 0 aliphatic carbocycles. The van der Waals surface area contributed by atoms with Crippen molar-refractivity contribution in [3.05, 3.63) is 53.5 Å². The summed E-state index contributed by atoms with van der Waals surface area (Å²) in [6.45, 7) is 4.23. The van der Waals surface area contributed by atoms with Crippen LogP contribution in [0.25, 0.3) is 5.65 Å². The highest BCUT2D eigenvalue weighted by molar-refractivity contribution is 5.81. The first-order valence-corrected chi connectivity index (χ1v) is 10.7. The number of benzene rings is 1. The van der Waals surface area contributed by atoms with Crippen molar-refractivity contribution in [2.45, 2.75) is 44.9 Å². The van der Waals surface area contributed by atoms with E-state index in [2.05, 4.69) is 10.1 Å². The maximum Gasteiger partial charge on any atom is 0.433 e. The van der Waals surface area contributed by atoms with Crippen molar-refractivity contribution in [2.75, 3.05) is 20.2 Å². The van der Waals surface area contributed by atoms with Crippen molar-refractivity contribution >= 4 is 11.6 Å². The lowest BCUT2D eigenvalue weighted by molar-refractivity contribution is -0.142. The van der Waals surface area contributed by atoms with E-state index in [1.807, 2.05) is 6.92 Å². The lowest BCUT2D eigenvalue weighted by atomic mass is 10.1. The molecule has 0 unspecified atom stereocenters. The molecule has 3 aromatic rings. The number of nitrogens with zero attached hydrogens (tertiary/aromatic N) is 4. The molecule has 1 amide bonds. The van der Waals surface area contributed by atoms with Gasteiger partial charge in [0.25, 0.3) is 5.91 Å². The van der Waals surface area contributed by atoms with E-state index >= 15 is 0 Å². The monoisotopic (exact) mass is 462 g/mol. The number of alkyl halides is 3. The predicted molar refractivity (Wildman–Crippen MR) is 114 cm³/mol. The molecule has 3 heterocycles. The summed E-state index contributed by atoms with van der Waals surface area (Å²) >= 11 is 0. The molecule has 1 aliphatic heterocycles. The van der Waals surface area contributed by atoms with Gasteiger partial charge < -0.3 is 14.4 Å². The molecule has 10 heteroatoms. The van der Waals surface area contributed by atoms with Crippen LogP contribution in [0.1, 0.15) is 42.8 Å². The van der Waals surface area contributed by atoms with E-state index in [1.165, 1.54) is 6.92 Å². The number of carbonyl (C=O) groups is 1. The highest BCUT2D eigenvalue weighted by Crippen LogP contribution is 2.32. The second-order valence-electron chi connectivity index (χ2n) is 8.08. The van der Waals surface area contributed by atoms with Crippen molar-refractivity contribution in [2.24, 2.45) is 0 Å². The van der Waals surface area contributed by atoms with E-state index < -0.39 is 18.0 Å². The molecule has 0 radical (unpaired) electrons. The van der Waals surface area contributed by atoms with E-state index in [9.17, 15) is 18.0 Å². The molecule has 0 spiro atoms. The lowest BCUT2D eigenvalue weighted by Crippen LogP contribution is -2.40. The molecule has 0 bridgehead atoms. The van der Waals surface area contributed by atoms with Crippen LogP contribution >= 0.6 is 0 Å². The van der Waals surface area contributed by atoms with E-state index in [4.69, 9.17) is 9.47 Å². The maximum atomic E-state index is 13.4. The number of aromatic nitrogens is 3. The van der Waals surface area contributed by atoms with Gasteiger partial charge in [-0.2, -0.15) is 18.3 Å².